The number of halogens is 1. The van der Waals surface area contributed by atoms with Crippen LogP contribution in [-0.2, 0) is 6.42 Å². The predicted octanol–water partition coefficient (Wildman–Crippen LogP) is 1.81. The molecule has 0 aliphatic carbocycles. The topological polar surface area (TPSA) is 71.2 Å². The molecule has 0 saturated heterocycles. The van der Waals surface area contributed by atoms with Gasteiger partial charge in [0.05, 0.1) is 0 Å². The number of hydrogen-bond donors (Lipinski definition) is 2. The van der Waals surface area contributed by atoms with Gasteiger partial charge in [-0.2, -0.15) is 4.98 Å². The zero-order valence-electron chi connectivity index (χ0n) is 9.93. The predicted molar refractivity (Wildman–Crippen MR) is 62.5 cm³/mol. The number of phenols is 1. The Morgan fingerprint density at radius 1 is 1.50 bits per heavy atom. The smallest absolute Gasteiger partial charge is 0.227 e. The normalized spacial score (nSPS) is 12.6. The molecular formula is C12H14FN3O2. The van der Waals surface area contributed by atoms with Crippen molar-refractivity contribution in [2.24, 2.45) is 0 Å². The highest BCUT2D eigenvalue weighted by molar-refractivity contribution is 5.34. The minimum Gasteiger partial charge on any atom is -0.508 e. The number of benzene rings is 1. The van der Waals surface area contributed by atoms with Crippen molar-refractivity contribution in [3.8, 4) is 5.75 Å². The summed E-state index contributed by atoms with van der Waals surface area (Å²) in [5.74, 6) is 0.0557. The Labute approximate surface area is 104 Å². The monoisotopic (exact) mass is 251 g/mol. The summed E-state index contributed by atoms with van der Waals surface area (Å²) in [6.45, 7) is 2.51. The van der Waals surface area contributed by atoms with Crippen LogP contribution in [0.5, 0.6) is 5.75 Å². The third-order valence-electron chi connectivity index (χ3n) is 2.66. The lowest BCUT2D eigenvalue weighted by atomic mass is 10.1. The van der Waals surface area contributed by atoms with Crippen LogP contribution in [0.3, 0.4) is 0 Å². The average molecular weight is 251 g/mol. The first-order chi connectivity index (χ1) is 8.66. The Morgan fingerprint density at radius 2 is 2.33 bits per heavy atom. The quantitative estimate of drug-likeness (QED) is 0.848. The van der Waals surface area contributed by atoms with Crippen molar-refractivity contribution in [2.45, 2.75) is 19.4 Å². The van der Waals surface area contributed by atoms with Gasteiger partial charge in [0.2, 0.25) is 5.89 Å². The first kappa shape index (κ1) is 12.5. The molecule has 0 aliphatic heterocycles. The first-order valence-corrected chi connectivity index (χ1v) is 5.64. The van der Waals surface area contributed by atoms with E-state index in [2.05, 4.69) is 15.5 Å². The lowest BCUT2D eigenvalue weighted by Crippen LogP contribution is -2.21. The number of nitrogens with zero attached hydrogens (tertiary/aromatic N) is 2. The maximum Gasteiger partial charge on any atom is 0.227 e. The van der Waals surface area contributed by atoms with Gasteiger partial charge in [-0.3, -0.25) is 0 Å². The molecule has 0 amide bonds. The van der Waals surface area contributed by atoms with Gasteiger partial charge in [0.25, 0.3) is 0 Å². The summed E-state index contributed by atoms with van der Waals surface area (Å²) in [5.41, 5.74) is 0.655. The second kappa shape index (κ2) is 5.59. The molecule has 96 valence electrons. The van der Waals surface area contributed by atoms with E-state index in [1.807, 2.05) is 6.92 Å². The Hall–Kier alpha value is -1.95. The molecule has 6 heteroatoms. The maximum absolute atomic E-state index is 12.8. The molecule has 0 saturated carbocycles. The van der Waals surface area contributed by atoms with Gasteiger partial charge in [-0.15, -0.1) is 0 Å². The second-order valence-electron chi connectivity index (χ2n) is 3.96. The molecule has 0 radical (unpaired) electrons. The Bertz CT molecular complexity index is 502. The number of hydrogen-bond acceptors (Lipinski definition) is 5. The van der Waals surface area contributed by atoms with Crippen molar-refractivity contribution in [1.29, 1.82) is 0 Å². The fourth-order valence-electron chi connectivity index (χ4n) is 1.69. The van der Waals surface area contributed by atoms with E-state index >= 15 is 0 Å². The van der Waals surface area contributed by atoms with Crippen LogP contribution in [0.4, 0.5) is 4.39 Å². The van der Waals surface area contributed by atoms with Crippen LogP contribution in [0.1, 0.15) is 24.4 Å². The largest absolute Gasteiger partial charge is 0.508 e. The molecule has 2 aromatic rings. The summed E-state index contributed by atoms with van der Waals surface area (Å²) in [5, 5.41) is 16.3. The minimum atomic E-state index is -0.450. The average Bonchev–Trinajstić information content (AvgIpc) is 2.81. The first-order valence-electron chi connectivity index (χ1n) is 5.64. The van der Waals surface area contributed by atoms with Crippen LogP contribution >= 0.6 is 0 Å². The number of nitrogens with one attached hydrogen (secondary N) is 1. The molecule has 1 aromatic carbocycles. The van der Waals surface area contributed by atoms with E-state index < -0.39 is 5.82 Å². The van der Waals surface area contributed by atoms with Crippen molar-refractivity contribution >= 4 is 0 Å². The van der Waals surface area contributed by atoms with Crippen molar-refractivity contribution in [1.82, 2.24) is 15.5 Å². The van der Waals surface area contributed by atoms with Gasteiger partial charge in [0.1, 0.15) is 11.6 Å². The van der Waals surface area contributed by atoms with Crippen LogP contribution in [0, 0.1) is 5.82 Å². The number of aromatic hydroxyl groups is 1. The Balaban J connectivity index is 1.89. The van der Waals surface area contributed by atoms with E-state index in [0.29, 0.717) is 24.4 Å². The summed E-state index contributed by atoms with van der Waals surface area (Å²) in [4.78, 5) is 3.90. The highest BCUT2D eigenvalue weighted by atomic mass is 19.1. The van der Waals surface area contributed by atoms with Crippen molar-refractivity contribution in [2.75, 3.05) is 6.54 Å². The highest BCUT2D eigenvalue weighted by Gasteiger charge is 2.10. The summed E-state index contributed by atoms with van der Waals surface area (Å²) >= 11 is 0. The third-order valence-corrected chi connectivity index (χ3v) is 2.66. The molecule has 18 heavy (non-hydrogen) atoms. The van der Waals surface area contributed by atoms with E-state index in [0.717, 1.165) is 6.07 Å². The fraction of sp³-hybridized carbons (Fsp3) is 0.333. The molecule has 1 unspecified atom stereocenters. The molecule has 1 atom stereocenters. The summed E-state index contributed by atoms with van der Waals surface area (Å²) in [6, 6.07) is 3.90. The molecule has 2 rings (SSSR count). The number of phenolic OH excluding ortho intramolecular Hbond substituents is 1. The van der Waals surface area contributed by atoms with Crippen LogP contribution < -0.4 is 5.32 Å². The molecule has 1 aromatic heterocycles. The molecule has 0 aliphatic rings. The van der Waals surface area contributed by atoms with Gasteiger partial charge in [-0.1, -0.05) is 11.2 Å². The van der Waals surface area contributed by atoms with Gasteiger partial charge in [-0.25, -0.2) is 4.39 Å². The van der Waals surface area contributed by atoms with E-state index in [-0.39, 0.29) is 11.8 Å². The zero-order valence-corrected chi connectivity index (χ0v) is 9.93. The third kappa shape index (κ3) is 3.04. The van der Waals surface area contributed by atoms with Crippen molar-refractivity contribution in [3.05, 3.63) is 41.8 Å². The van der Waals surface area contributed by atoms with Gasteiger partial charge in [0, 0.05) is 30.6 Å². The van der Waals surface area contributed by atoms with Crippen LogP contribution in [0.25, 0.3) is 0 Å². The van der Waals surface area contributed by atoms with Gasteiger partial charge < -0.3 is 14.9 Å². The maximum atomic E-state index is 12.8. The molecule has 0 fully saturated rings. The van der Waals surface area contributed by atoms with Crippen LogP contribution in [0.15, 0.2) is 29.0 Å². The minimum absolute atomic E-state index is 0.0483. The molecule has 0 spiro atoms. The molecule has 0 bridgehead atoms. The second-order valence-corrected chi connectivity index (χ2v) is 3.96. The molecule has 5 nitrogen and oxygen atoms in total. The highest BCUT2D eigenvalue weighted by Crippen LogP contribution is 2.24. The van der Waals surface area contributed by atoms with Gasteiger partial charge >= 0.3 is 0 Å². The van der Waals surface area contributed by atoms with Gasteiger partial charge in [0.15, 0.2) is 6.33 Å². The van der Waals surface area contributed by atoms with Crippen molar-refractivity contribution < 1.29 is 14.0 Å². The number of aromatic nitrogens is 2. The zero-order chi connectivity index (χ0) is 13.0. The lowest BCUT2D eigenvalue weighted by Gasteiger charge is -2.14. The standard InChI is InChI=1S/C12H14FN3O2/c1-8(10-3-2-9(13)6-11(10)17)14-5-4-12-15-7-16-18-12/h2-3,6-8,14,17H,4-5H2,1H3. The van der Waals surface area contributed by atoms with Crippen LogP contribution in [-0.4, -0.2) is 21.8 Å². The van der Waals surface area contributed by atoms with E-state index in [4.69, 9.17) is 4.52 Å². The summed E-state index contributed by atoms with van der Waals surface area (Å²) < 4.78 is 17.7. The fourth-order valence-corrected chi connectivity index (χ4v) is 1.69. The SMILES string of the molecule is CC(NCCc1ncno1)c1ccc(F)cc1O. The summed E-state index contributed by atoms with van der Waals surface area (Å²) in [6.07, 6.45) is 1.96. The summed E-state index contributed by atoms with van der Waals surface area (Å²) in [7, 11) is 0. The molecular weight excluding hydrogens is 237 g/mol. The lowest BCUT2D eigenvalue weighted by molar-refractivity contribution is 0.372. The van der Waals surface area contributed by atoms with E-state index in [1.165, 1.54) is 12.4 Å². The Morgan fingerprint density at radius 3 is 3.00 bits per heavy atom. The van der Waals surface area contributed by atoms with Gasteiger partial charge in [-0.05, 0) is 13.0 Å². The number of rotatable bonds is 5. The van der Waals surface area contributed by atoms with E-state index in [1.54, 1.807) is 6.07 Å². The van der Waals surface area contributed by atoms with Crippen molar-refractivity contribution in [3.63, 3.8) is 0 Å². The van der Waals surface area contributed by atoms with E-state index in [9.17, 15) is 9.50 Å². The van der Waals surface area contributed by atoms with Crippen LogP contribution in [0.2, 0.25) is 0 Å². The molecule has 2 N–H and O–H groups in total. The molecule has 1 heterocycles. The Kier molecular flexibility index (Phi) is 3.88.